The molecule has 0 radical (unpaired) electrons. The van der Waals surface area contributed by atoms with E-state index in [9.17, 15) is 0 Å². The fourth-order valence-corrected chi connectivity index (χ4v) is 2.71. The SMILES string of the molecule is Cc1ccc(O[C@H]2CO[C@H]3[C@@H]2OC[C@H]3OCCl)cc1. The number of benzene rings is 1. The molecule has 0 aromatic heterocycles. The molecule has 0 spiro atoms. The van der Waals surface area contributed by atoms with Crippen LogP contribution in [0.2, 0.25) is 0 Å². The molecular formula is C14H17ClO4. The molecule has 1 aromatic rings. The second-order valence-electron chi connectivity index (χ2n) is 4.88. The summed E-state index contributed by atoms with van der Waals surface area (Å²) in [6.45, 7) is 3.08. The van der Waals surface area contributed by atoms with E-state index in [0.29, 0.717) is 13.2 Å². The first-order valence-corrected chi connectivity index (χ1v) is 6.95. The van der Waals surface area contributed by atoms with Crippen LogP contribution in [0.5, 0.6) is 5.75 Å². The van der Waals surface area contributed by atoms with Gasteiger partial charge in [-0.25, -0.2) is 0 Å². The number of hydrogen-bond acceptors (Lipinski definition) is 4. The van der Waals surface area contributed by atoms with Gasteiger partial charge in [0.15, 0.2) is 6.10 Å². The van der Waals surface area contributed by atoms with Crippen LogP contribution < -0.4 is 4.74 Å². The molecule has 2 aliphatic rings. The minimum Gasteiger partial charge on any atom is -0.485 e. The highest BCUT2D eigenvalue weighted by Gasteiger charge is 2.49. The molecule has 104 valence electrons. The summed E-state index contributed by atoms with van der Waals surface area (Å²) in [5.74, 6) is 0.838. The van der Waals surface area contributed by atoms with Crippen LogP contribution in [0.4, 0.5) is 0 Å². The Labute approximate surface area is 117 Å². The standard InChI is InChI=1S/C14H17ClO4/c1-9-2-4-10(5-3-9)19-12-7-17-13-11(18-8-15)6-16-14(12)13/h2-5,11-14H,6-8H2,1H3/t11-,12+,13-,14-/m1/s1. The van der Waals surface area contributed by atoms with E-state index >= 15 is 0 Å². The first-order chi connectivity index (χ1) is 9.28. The van der Waals surface area contributed by atoms with Crippen molar-refractivity contribution in [1.82, 2.24) is 0 Å². The molecule has 2 heterocycles. The molecule has 3 rings (SSSR count). The highest BCUT2D eigenvalue weighted by atomic mass is 35.5. The average Bonchev–Trinajstić information content (AvgIpc) is 2.97. The van der Waals surface area contributed by atoms with Gasteiger partial charge in [0.2, 0.25) is 0 Å². The molecule has 1 aromatic carbocycles. The topological polar surface area (TPSA) is 36.9 Å². The van der Waals surface area contributed by atoms with Gasteiger partial charge in [-0.2, -0.15) is 0 Å². The number of fused-ring (bicyclic) bond motifs is 1. The van der Waals surface area contributed by atoms with Crippen LogP contribution in [0.3, 0.4) is 0 Å². The minimum atomic E-state index is -0.0888. The van der Waals surface area contributed by atoms with Crippen LogP contribution in [0.25, 0.3) is 0 Å². The number of hydrogen-bond donors (Lipinski definition) is 0. The summed E-state index contributed by atoms with van der Waals surface area (Å²) in [7, 11) is 0. The van der Waals surface area contributed by atoms with Crippen LogP contribution in [0.15, 0.2) is 24.3 Å². The molecule has 19 heavy (non-hydrogen) atoms. The number of ether oxygens (including phenoxy) is 4. The monoisotopic (exact) mass is 284 g/mol. The van der Waals surface area contributed by atoms with Crippen LogP contribution >= 0.6 is 11.6 Å². The Bertz CT molecular complexity index is 422. The number of halogens is 1. The van der Waals surface area contributed by atoms with Crippen molar-refractivity contribution in [1.29, 1.82) is 0 Å². The molecule has 0 amide bonds. The highest BCUT2D eigenvalue weighted by Crippen LogP contribution is 2.31. The van der Waals surface area contributed by atoms with Crippen LogP contribution in [-0.4, -0.2) is 43.7 Å². The summed E-state index contributed by atoms with van der Waals surface area (Å²) in [6, 6.07) is 8.13. The van der Waals surface area contributed by atoms with Crippen LogP contribution in [-0.2, 0) is 14.2 Å². The molecule has 4 atom stereocenters. The molecule has 0 saturated carbocycles. The molecule has 2 aliphatic heterocycles. The zero-order valence-corrected chi connectivity index (χ0v) is 11.5. The van der Waals surface area contributed by atoms with E-state index in [1.807, 2.05) is 31.2 Å². The maximum absolute atomic E-state index is 5.93. The van der Waals surface area contributed by atoms with Gasteiger partial charge >= 0.3 is 0 Å². The summed E-state index contributed by atoms with van der Waals surface area (Å²) >= 11 is 5.59. The van der Waals surface area contributed by atoms with Gasteiger partial charge in [-0.15, -0.1) is 0 Å². The summed E-state index contributed by atoms with van der Waals surface area (Å²) in [4.78, 5) is 0. The van der Waals surface area contributed by atoms with Crippen LogP contribution in [0, 0.1) is 6.92 Å². The van der Waals surface area contributed by atoms with E-state index in [1.54, 1.807) is 0 Å². The average molecular weight is 285 g/mol. The Morgan fingerprint density at radius 3 is 2.42 bits per heavy atom. The third kappa shape index (κ3) is 2.72. The Morgan fingerprint density at radius 2 is 1.74 bits per heavy atom. The number of aryl methyl sites for hydroxylation is 1. The van der Waals surface area contributed by atoms with Crippen molar-refractivity contribution in [2.75, 3.05) is 19.3 Å². The van der Waals surface area contributed by atoms with Crippen molar-refractivity contribution in [2.45, 2.75) is 31.3 Å². The van der Waals surface area contributed by atoms with E-state index in [1.165, 1.54) is 5.56 Å². The van der Waals surface area contributed by atoms with Crippen molar-refractivity contribution in [3.05, 3.63) is 29.8 Å². The zero-order chi connectivity index (χ0) is 13.2. The summed E-state index contributed by atoms with van der Waals surface area (Å²) in [5, 5.41) is 0. The van der Waals surface area contributed by atoms with Gasteiger partial charge in [-0.05, 0) is 19.1 Å². The summed E-state index contributed by atoms with van der Waals surface area (Å²) < 4.78 is 22.8. The normalized spacial score (nSPS) is 33.4. The quantitative estimate of drug-likeness (QED) is 0.794. The highest BCUT2D eigenvalue weighted by molar-refractivity contribution is 6.17. The lowest BCUT2D eigenvalue weighted by atomic mass is 10.1. The molecular weight excluding hydrogens is 268 g/mol. The second kappa shape index (κ2) is 5.67. The first-order valence-electron chi connectivity index (χ1n) is 6.42. The molecule has 0 bridgehead atoms. The van der Waals surface area contributed by atoms with E-state index in [4.69, 9.17) is 30.5 Å². The van der Waals surface area contributed by atoms with Gasteiger partial charge < -0.3 is 18.9 Å². The molecule has 0 N–H and O–H groups in total. The molecule has 4 nitrogen and oxygen atoms in total. The summed E-state index contributed by atoms with van der Waals surface area (Å²) in [5.41, 5.74) is 1.21. The predicted molar refractivity (Wildman–Crippen MR) is 70.7 cm³/mol. The maximum atomic E-state index is 5.93. The van der Waals surface area contributed by atoms with Gasteiger partial charge in [0.05, 0.1) is 13.2 Å². The molecule has 5 heteroatoms. The van der Waals surface area contributed by atoms with Gasteiger partial charge in [0.25, 0.3) is 0 Å². The van der Waals surface area contributed by atoms with Crippen molar-refractivity contribution in [3.63, 3.8) is 0 Å². The largest absolute Gasteiger partial charge is 0.485 e. The first kappa shape index (κ1) is 13.2. The van der Waals surface area contributed by atoms with E-state index in [2.05, 4.69) is 0 Å². The van der Waals surface area contributed by atoms with E-state index < -0.39 is 0 Å². The lowest BCUT2D eigenvalue weighted by Gasteiger charge is -2.18. The molecule has 0 unspecified atom stereocenters. The fourth-order valence-electron chi connectivity index (χ4n) is 2.55. The molecule has 2 saturated heterocycles. The minimum absolute atomic E-state index is 0.0745. The zero-order valence-electron chi connectivity index (χ0n) is 10.8. The Kier molecular flexibility index (Phi) is 3.93. The maximum Gasteiger partial charge on any atom is 0.151 e. The van der Waals surface area contributed by atoms with Crippen molar-refractivity contribution < 1.29 is 18.9 Å². The Balaban J connectivity index is 1.63. The number of rotatable bonds is 4. The van der Waals surface area contributed by atoms with Gasteiger partial charge in [0.1, 0.15) is 30.1 Å². The summed E-state index contributed by atoms with van der Waals surface area (Å²) in [6.07, 6.45) is -0.325. The third-order valence-electron chi connectivity index (χ3n) is 3.55. The molecule has 2 fully saturated rings. The van der Waals surface area contributed by atoms with Crippen LogP contribution in [0.1, 0.15) is 5.56 Å². The molecule has 0 aliphatic carbocycles. The van der Waals surface area contributed by atoms with E-state index in [0.717, 1.165) is 5.75 Å². The fraction of sp³-hybridized carbons (Fsp3) is 0.571. The van der Waals surface area contributed by atoms with Gasteiger partial charge in [-0.3, -0.25) is 0 Å². The van der Waals surface area contributed by atoms with Gasteiger partial charge in [0, 0.05) is 0 Å². The third-order valence-corrected chi connectivity index (χ3v) is 3.67. The lowest BCUT2D eigenvalue weighted by molar-refractivity contribution is -0.0202. The Hall–Kier alpha value is -0.810. The van der Waals surface area contributed by atoms with Crippen molar-refractivity contribution in [2.24, 2.45) is 0 Å². The van der Waals surface area contributed by atoms with Crippen molar-refractivity contribution >= 4 is 11.6 Å². The lowest BCUT2D eigenvalue weighted by Crippen LogP contribution is -2.35. The van der Waals surface area contributed by atoms with Gasteiger partial charge in [-0.1, -0.05) is 29.3 Å². The predicted octanol–water partition coefficient (Wildman–Crippen LogP) is 2.12. The second-order valence-corrected chi connectivity index (χ2v) is 5.10. The Morgan fingerprint density at radius 1 is 1.11 bits per heavy atom. The van der Waals surface area contributed by atoms with E-state index in [-0.39, 0.29) is 30.5 Å². The smallest absolute Gasteiger partial charge is 0.151 e. The van der Waals surface area contributed by atoms with Crippen molar-refractivity contribution in [3.8, 4) is 5.75 Å². The number of alkyl halides is 1.